The van der Waals surface area contributed by atoms with E-state index in [-0.39, 0.29) is 10.9 Å². The second-order valence-electron chi connectivity index (χ2n) is 3.48. The third kappa shape index (κ3) is 1.82. The number of carbonyl (C=O) groups excluding carboxylic acids is 1. The minimum absolute atomic E-state index is 0.0506. The van der Waals surface area contributed by atoms with Gasteiger partial charge in [-0.3, -0.25) is 4.79 Å². The first-order valence-electron chi connectivity index (χ1n) is 4.61. The average Bonchev–Trinajstić information content (AvgIpc) is 2.53. The number of benzene rings is 1. The van der Waals surface area contributed by atoms with Crippen LogP contribution in [0.4, 0.5) is 10.1 Å². The first kappa shape index (κ1) is 10.4. The van der Waals surface area contributed by atoms with E-state index in [2.05, 4.69) is 0 Å². The number of nitrogens with zero attached hydrogens (tertiary/aromatic N) is 1. The van der Waals surface area contributed by atoms with Crippen LogP contribution in [-0.2, 0) is 4.79 Å². The Kier molecular flexibility index (Phi) is 2.63. The number of carbonyl (C=O) groups is 1. The molecule has 1 amide bonds. The molecular formula is C10H10ClFN2O. The highest BCUT2D eigenvalue weighted by atomic mass is 35.5. The van der Waals surface area contributed by atoms with E-state index in [4.69, 9.17) is 17.3 Å². The maximum Gasteiger partial charge on any atom is 0.243 e. The van der Waals surface area contributed by atoms with Crippen LogP contribution in [0.1, 0.15) is 6.42 Å². The molecule has 0 unspecified atom stereocenters. The van der Waals surface area contributed by atoms with Crippen LogP contribution in [0.5, 0.6) is 0 Å². The molecule has 0 radical (unpaired) electrons. The molecule has 0 bridgehead atoms. The van der Waals surface area contributed by atoms with Gasteiger partial charge in [0, 0.05) is 12.2 Å². The summed E-state index contributed by atoms with van der Waals surface area (Å²) in [6.07, 6.45) is 0.600. The van der Waals surface area contributed by atoms with Gasteiger partial charge in [-0.25, -0.2) is 4.39 Å². The molecule has 80 valence electrons. The second kappa shape index (κ2) is 3.79. The maximum absolute atomic E-state index is 13.2. The number of anilines is 1. The van der Waals surface area contributed by atoms with Crippen LogP contribution < -0.4 is 10.6 Å². The Balaban J connectivity index is 2.31. The van der Waals surface area contributed by atoms with Crippen LogP contribution >= 0.6 is 11.6 Å². The van der Waals surface area contributed by atoms with E-state index >= 15 is 0 Å². The molecule has 2 N–H and O–H groups in total. The van der Waals surface area contributed by atoms with Crippen molar-refractivity contribution in [2.24, 2.45) is 5.73 Å². The molecule has 1 saturated heterocycles. The summed E-state index contributed by atoms with van der Waals surface area (Å²) in [7, 11) is 0. The van der Waals surface area contributed by atoms with Gasteiger partial charge in [0.1, 0.15) is 5.82 Å². The van der Waals surface area contributed by atoms with Gasteiger partial charge in [0.25, 0.3) is 0 Å². The van der Waals surface area contributed by atoms with Crippen molar-refractivity contribution in [3.05, 3.63) is 29.0 Å². The monoisotopic (exact) mass is 228 g/mol. The van der Waals surface area contributed by atoms with E-state index in [1.54, 1.807) is 6.07 Å². The Morgan fingerprint density at radius 1 is 1.53 bits per heavy atom. The highest BCUT2D eigenvalue weighted by molar-refractivity contribution is 6.30. The van der Waals surface area contributed by atoms with Crippen LogP contribution in [0.15, 0.2) is 18.2 Å². The third-order valence-electron chi connectivity index (χ3n) is 2.46. The lowest BCUT2D eigenvalue weighted by atomic mass is 10.3. The number of hydrogen-bond acceptors (Lipinski definition) is 2. The fraction of sp³-hybridized carbons (Fsp3) is 0.300. The van der Waals surface area contributed by atoms with Gasteiger partial charge in [-0.2, -0.15) is 0 Å². The van der Waals surface area contributed by atoms with Gasteiger partial charge in [0.15, 0.2) is 0 Å². The molecule has 5 heteroatoms. The summed E-state index contributed by atoms with van der Waals surface area (Å²) >= 11 is 5.55. The molecular weight excluding hydrogens is 219 g/mol. The van der Waals surface area contributed by atoms with Crippen LogP contribution in [-0.4, -0.2) is 18.5 Å². The standard InChI is InChI=1S/C10H10ClFN2O/c11-7-2-1-6(5-8(7)12)14-4-3-9(13)10(14)15/h1-2,5,9H,3-4,13H2/t9-/m1/s1. The fourth-order valence-corrected chi connectivity index (χ4v) is 1.73. The zero-order chi connectivity index (χ0) is 11.0. The summed E-state index contributed by atoms with van der Waals surface area (Å²) in [5.74, 6) is -0.695. The zero-order valence-corrected chi connectivity index (χ0v) is 8.67. The number of rotatable bonds is 1. The Bertz CT molecular complexity index is 410. The highest BCUT2D eigenvalue weighted by Gasteiger charge is 2.29. The largest absolute Gasteiger partial charge is 0.320 e. The molecule has 3 nitrogen and oxygen atoms in total. The topological polar surface area (TPSA) is 46.3 Å². The SMILES string of the molecule is N[C@@H]1CCN(c2ccc(Cl)c(F)c2)C1=O. The summed E-state index contributed by atoms with van der Waals surface area (Å²) in [5, 5.41) is 0.0506. The molecule has 1 heterocycles. The van der Waals surface area contributed by atoms with Gasteiger partial charge in [-0.1, -0.05) is 11.6 Å². The molecule has 0 spiro atoms. The van der Waals surface area contributed by atoms with Crippen molar-refractivity contribution in [2.75, 3.05) is 11.4 Å². The predicted molar refractivity (Wildman–Crippen MR) is 56.4 cm³/mol. The Morgan fingerprint density at radius 3 is 2.80 bits per heavy atom. The molecule has 1 atom stereocenters. The summed E-state index contributed by atoms with van der Waals surface area (Å²) in [4.78, 5) is 13.0. The van der Waals surface area contributed by atoms with E-state index in [0.717, 1.165) is 0 Å². The van der Waals surface area contributed by atoms with Crippen molar-refractivity contribution in [1.82, 2.24) is 0 Å². The van der Waals surface area contributed by atoms with E-state index in [1.807, 2.05) is 0 Å². The lowest BCUT2D eigenvalue weighted by Gasteiger charge is -2.16. The maximum atomic E-state index is 13.2. The minimum atomic E-state index is -0.526. The van der Waals surface area contributed by atoms with Crippen molar-refractivity contribution < 1.29 is 9.18 Å². The molecule has 0 aliphatic carbocycles. The molecule has 1 aliphatic rings. The third-order valence-corrected chi connectivity index (χ3v) is 2.77. The molecule has 15 heavy (non-hydrogen) atoms. The summed E-state index contributed by atoms with van der Waals surface area (Å²) in [5.41, 5.74) is 6.07. The minimum Gasteiger partial charge on any atom is -0.320 e. The number of nitrogens with two attached hydrogens (primary N) is 1. The van der Waals surface area contributed by atoms with E-state index in [0.29, 0.717) is 18.7 Å². The molecule has 1 aliphatic heterocycles. The van der Waals surface area contributed by atoms with E-state index in [1.165, 1.54) is 17.0 Å². The lowest BCUT2D eigenvalue weighted by molar-refractivity contribution is -0.118. The van der Waals surface area contributed by atoms with Gasteiger partial charge < -0.3 is 10.6 Å². The van der Waals surface area contributed by atoms with Crippen molar-refractivity contribution >= 4 is 23.2 Å². The normalized spacial score (nSPS) is 21.1. The average molecular weight is 229 g/mol. The predicted octanol–water partition coefficient (Wildman–Crippen LogP) is 1.54. The number of hydrogen-bond donors (Lipinski definition) is 1. The van der Waals surface area contributed by atoms with Gasteiger partial charge in [0.05, 0.1) is 11.1 Å². The van der Waals surface area contributed by atoms with Crippen LogP contribution in [0.3, 0.4) is 0 Å². The van der Waals surface area contributed by atoms with Crippen molar-refractivity contribution in [3.8, 4) is 0 Å². The van der Waals surface area contributed by atoms with Gasteiger partial charge in [-0.05, 0) is 24.6 Å². The highest BCUT2D eigenvalue weighted by Crippen LogP contribution is 2.25. The summed E-state index contributed by atoms with van der Waals surface area (Å²) in [6.45, 7) is 0.529. The summed E-state index contributed by atoms with van der Waals surface area (Å²) < 4.78 is 13.2. The Labute approximate surface area is 91.6 Å². The van der Waals surface area contributed by atoms with E-state index in [9.17, 15) is 9.18 Å². The number of amides is 1. The zero-order valence-electron chi connectivity index (χ0n) is 7.91. The Morgan fingerprint density at radius 2 is 2.27 bits per heavy atom. The summed E-state index contributed by atoms with van der Waals surface area (Å²) in [6, 6.07) is 3.83. The first-order valence-corrected chi connectivity index (χ1v) is 4.99. The molecule has 1 aromatic carbocycles. The molecule has 1 fully saturated rings. The molecule has 0 aromatic heterocycles. The first-order chi connectivity index (χ1) is 7.09. The fourth-order valence-electron chi connectivity index (χ4n) is 1.61. The Hall–Kier alpha value is -1.13. The molecule has 2 rings (SSSR count). The lowest BCUT2D eigenvalue weighted by Crippen LogP contribution is -2.33. The van der Waals surface area contributed by atoms with Crippen LogP contribution in [0.2, 0.25) is 5.02 Å². The van der Waals surface area contributed by atoms with Crippen LogP contribution in [0, 0.1) is 5.82 Å². The van der Waals surface area contributed by atoms with Gasteiger partial charge >= 0.3 is 0 Å². The van der Waals surface area contributed by atoms with Gasteiger partial charge in [0.2, 0.25) is 5.91 Å². The van der Waals surface area contributed by atoms with Crippen molar-refractivity contribution in [2.45, 2.75) is 12.5 Å². The second-order valence-corrected chi connectivity index (χ2v) is 3.89. The molecule has 1 aromatic rings. The quantitative estimate of drug-likeness (QED) is 0.793. The van der Waals surface area contributed by atoms with Crippen molar-refractivity contribution in [1.29, 1.82) is 0 Å². The van der Waals surface area contributed by atoms with E-state index < -0.39 is 11.9 Å². The van der Waals surface area contributed by atoms with Gasteiger partial charge in [-0.15, -0.1) is 0 Å². The number of halogens is 2. The van der Waals surface area contributed by atoms with Crippen molar-refractivity contribution in [3.63, 3.8) is 0 Å². The smallest absolute Gasteiger partial charge is 0.243 e. The molecule has 0 saturated carbocycles. The van der Waals surface area contributed by atoms with Crippen LogP contribution in [0.25, 0.3) is 0 Å².